The van der Waals surface area contributed by atoms with E-state index in [2.05, 4.69) is 61.5 Å². The molecule has 6 aliphatic rings. The van der Waals surface area contributed by atoms with Crippen molar-refractivity contribution >= 4 is 11.6 Å². The second-order valence-corrected chi connectivity index (χ2v) is 13.9. The minimum absolute atomic E-state index is 0.0416. The summed E-state index contributed by atoms with van der Waals surface area (Å²) in [6, 6.07) is 16.7. The number of aromatic nitrogens is 2. The van der Waals surface area contributed by atoms with Crippen LogP contribution in [-0.4, -0.2) is 35.4 Å². The number of hydrogen-bond donors (Lipinski definition) is 0. The quantitative estimate of drug-likeness (QED) is 0.272. The van der Waals surface area contributed by atoms with Crippen LogP contribution >= 0.6 is 0 Å². The number of methoxy groups -OCH3 is 1. The summed E-state index contributed by atoms with van der Waals surface area (Å²) in [4.78, 5) is 21.0. The second-order valence-electron chi connectivity index (χ2n) is 13.9. The topological polar surface area (TPSA) is 68.5 Å². The van der Waals surface area contributed by atoms with Gasteiger partial charge in [-0.3, -0.25) is 4.79 Å². The summed E-state index contributed by atoms with van der Waals surface area (Å²) in [5.74, 6) is 1.94. The minimum atomic E-state index is -1.11. The van der Waals surface area contributed by atoms with Crippen molar-refractivity contribution in [2.45, 2.75) is 95.2 Å². The first-order valence-corrected chi connectivity index (χ1v) is 15.2. The Morgan fingerprint density at radius 1 is 1.00 bits per heavy atom. The van der Waals surface area contributed by atoms with Crippen molar-refractivity contribution in [2.75, 3.05) is 18.6 Å². The average molecular weight is 558 g/mol. The number of halogens is 1. The fourth-order valence-electron chi connectivity index (χ4n) is 8.11. The standard InChI is InChI=1S/C34H40FN3O3/c1-23(2)28-36-29(41-37-28)32-14-11-31(12-15-32,13-16-32)22-38(30(39)33-19-34(35,20-33)21-33)27-6-4-5-26(17-27)25-9-7-24(8-10-25)18-40-3/h4-10,17,23H,11-16,18-22H2,1-3H3. The highest BCUT2D eigenvalue weighted by Crippen LogP contribution is 2.70. The number of benzene rings is 2. The van der Waals surface area contributed by atoms with Gasteiger partial charge in [0.1, 0.15) is 5.67 Å². The van der Waals surface area contributed by atoms with E-state index in [4.69, 9.17) is 14.2 Å². The summed E-state index contributed by atoms with van der Waals surface area (Å²) in [6.45, 7) is 5.44. The Balaban J connectivity index is 1.15. The van der Waals surface area contributed by atoms with Gasteiger partial charge in [-0.2, -0.15) is 4.98 Å². The van der Waals surface area contributed by atoms with Crippen molar-refractivity contribution in [2.24, 2.45) is 10.8 Å². The molecule has 1 amide bonds. The van der Waals surface area contributed by atoms with E-state index in [1.807, 2.05) is 11.0 Å². The smallest absolute Gasteiger partial charge is 0.233 e. The van der Waals surface area contributed by atoms with Crippen molar-refractivity contribution in [3.63, 3.8) is 0 Å². The van der Waals surface area contributed by atoms with Crippen LogP contribution in [0.3, 0.4) is 0 Å². The summed E-state index contributed by atoms with van der Waals surface area (Å²) >= 11 is 0. The first kappa shape index (κ1) is 26.8. The zero-order chi connectivity index (χ0) is 28.5. The molecule has 3 aromatic rings. The van der Waals surface area contributed by atoms with Crippen molar-refractivity contribution in [1.82, 2.24) is 10.1 Å². The highest BCUT2D eigenvalue weighted by atomic mass is 19.1. The predicted molar refractivity (Wildman–Crippen MR) is 155 cm³/mol. The van der Waals surface area contributed by atoms with Gasteiger partial charge in [-0.1, -0.05) is 55.4 Å². The van der Waals surface area contributed by atoms with Crippen LogP contribution in [-0.2, 0) is 21.6 Å². The molecular formula is C34H40FN3O3. The number of anilines is 1. The van der Waals surface area contributed by atoms with Crippen molar-refractivity contribution in [3.05, 3.63) is 65.8 Å². The fourth-order valence-corrected chi connectivity index (χ4v) is 8.11. The van der Waals surface area contributed by atoms with Crippen molar-refractivity contribution in [3.8, 4) is 11.1 Å². The fraction of sp³-hybridized carbons (Fsp3) is 0.559. The molecular weight excluding hydrogens is 517 g/mol. The molecule has 9 rings (SSSR count). The van der Waals surface area contributed by atoms with E-state index in [0.717, 1.165) is 72.6 Å². The van der Waals surface area contributed by atoms with Crippen LogP contribution in [0.4, 0.5) is 10.1 Å². The van der Waals surface area contributed by atoms with Gasteiger partial charge < -0.3 is 14.2 Å². The molecule has 6 nitrogen and oxygen atoms in total. The maximum atomic E-state index is 14.6. The lowest BCUT2D eigenvalue weighted by Crippen LogP contribution is -2.71. The number of nitrogens with zero attached hydrogens (tertiary/aromatic N) is 3. The van der Waals surface area contributed by atoms with Crippen LogP contribution in [0, 0.1) is 10.8 Å². The molecule has 0 N–H and O–H groups in total. The molecule has 0 atom stereocenters. The summed E-state index contributed by atoms with van der Waals surface area (Å²) < 4.78 is 25.6. The summed E-state index contributed by atoms with van der Waals surface area (Å²) in [6.07, 6.45) is 7.21. The first-order chi connectivity index (χ1) is 19.7. The summed E-state index contributed by atoms with van der Waals surface area (Å²) in [7, 11) is 1.70. The molecule has 6 fully saturated rings. The molecule has 0 spiro atoms. The molecule has 0 saturated heterocycles. The van der Waals surface area contributed by atoms with Crippen molar-refractivity contribution < 1.29 is 18.4 Å². The van der Waals surface area contributed by atoms with E-state index in [1.54, 1.807) is 7.11 Å². The number of ether oxygens (including phenoxy) is 1. The van der Waals surface area contributed by atoms with Gasteiger partial charge in [-0.05, 0) is 92.0 Å². The number of fused-ring (bicyclic) bond motifs is 3. The lowest BCUT2D eigenvalue weighted by Gasteiger charge is -2.65. The summed E-state index contributed by atoms with van der Waals surface area (Å²) in [5, 5.41) is 4.25. The van der Waals surface area contributed by atoms with E-state index < -0.39 is 11.1 Å². The third kappa shape index (κ3) is 4.43. The Morgan fingerprint density at radius 2 is 1.68 bits per heavy atom. The maximum Gasteiger partial charge on any atom is 0.233 e. The zero-order valence-corrected chi connectivity index (χ0v) is 24.4. The van der Waals surface area contributed by atoms with E-state index >= 15 is 0 Å². The second kappa shape index (κ2) is 9.48. The highest BCUT2D eigenvalue weighted by Gasteiger charge is 2.73. The molecule has 1 aromatic heterocycles. The van der Waals surface area contributed by atoms with Crippen LogP contribution in [0.2, 0.25) is 0 Å². The lowest BCUT2D eigenvalue weighted by molar-refractivity contribution is -0.211. The number of alkyl halides is 1. The van der Waals surface area contributed by atoms with Gasteiger partial charge in [0.2, 0.25) is 11.8 Å². The van der Waals surface area contributed by atoms with Crippen LogP contribution in [0.1, 0.15) is 94.8 Å². The Labute approximate surface area is 241 Å². The number of amides is 1. The molecule has 0 aliphatic heterocycles. The normalized spacial score (nSPS) is 31.5. The molecule has 0 radical (unpaired) electrons. The van der Waals surface area contributed by atoms with Gasteiger partial charge in [-0.15, -0.1) is 0 Å². The largest absolute Gasteiger partial charge is 0.380 e. The lowest BCUT2D eigenvalue weighted by atomic mass is 9.41. The molecule has 6 aliphatic carbocycles. The first-order valence-electron chi connectivity index (χ1n) is 15.2. The Morgan fingerprint density at radius 3 is 2.27 bits per heavy atom. The highest BCUT2D eigenvalue weighted by molar-refractivity contribution is 6.00. The van der Waals surface area contributed by atoms with Crippen molar-refractivity contribution in [1.29, 1.82) is 0 Å². The van der Waals surface area contributed by atoms with Gasteiger partial charge in [0.25, 0.3) is 0 Å². The van der Waals surface area contributed by atoms with Gasteiger partial charge in [0.15, 0.2) is 5.82 Å². The van der Waals surface area contributed by atoms with Crippen LogP contribution in [0.5, 0.6) is 0 Å². The maximum absolute atomic E-state index is 14.6. The van der Waals surface area contributed by atoms with E-state index in [1.165, 1.54) is 0 Å². The predicted octanol–water partition coefficient (Wildman–Crippen LogP) is 7.52. The number of rotatable bonds is 9. The molecule has 0 unspecified atom stereocenters. The number of carbonyl (C=O) groups is 1. The molecule has 4 bridgehead atoms. The van der Waals surface area contributed by atoms with E-state index in [-0.39, 0.29) is 22.7 Å². The van der Waals surface area contributed by atoms with E-state index in [9.17, 15) is 9.18 Å². The van der Waals surface area contributed by atoms with E-state index in [0.29, 0.717) is 32.4 Å². The molecule has 6 saturated carbocycles. The van der Waals surface area contributed by atoms with Crippen LogP contribution < -0.4 is 4.90 Å². The SMILES string of the molecule is COCc1ccc(-c2cccc(N(CC34CCC(c5nc(C(C)C)no5)(CC3)CC4)C(=O)C34CC(F)(C3)C4)c2)cc1. The molecule has 41 heavy (non-hydrogen) atoms. The number of hydrogen-bond acceptors (Lipinski definition) is 5. The third-order valence-corrected chi connectivity index (χ3v) is 10.7. The summed E-state index contributed by atoms with van der Waals surface area (Å²) in [5.41, 5.74) is 2.59. The Bertz CT molecular complexity index is 1420. The molecule has 7 heteroatoms. The van der Waals surface area contributed by atoms with Crippen LogP contribution in [0.25, 0.3) is 11.1 Å². The van der Waals surface area contributed by atoms with Gasteiger partial charge in [0.05, 0.1) is 12.0 Å². The van der Waals surface area contributed by atoms with Gasteiger partial charge >= 0.3 is 0 Å². The number of carbonyl (C=O) groups excluding carboxylic acids is 1. The monoisotopic (exact) mass is 557 g/mol. The molecule has 1 heterocycles. The molecule has 2 aromatic carbocycles. The third-order valence-electron chi connectivity index (χ3n) is 10.7. The molecule has 216 valence electrons. The Hall–Kier alpha value is -3.06. The van der Waals surface area contributed by atoms with Crippen LogP contribution in [0.15, 0.2) is 53.1 Å². The zero-order valence-electron chi connectivity index (χ0n) is 24.4. The Kier molecular flexibility index (Phi) is 6.20. The van der Waals surface area contributed by atoms with Gasteiger partial charge in [-0.25, -0.2) is 4.39 Å². The minimum Gasteiger partial charge on any atom is -0.380 e. The van der Waals surface area contributed by atoms with Gasteiger partial charge in [0, 0.05) is 30.7 Å². The average Bonchev–Trinajstić information content (AvgIpc) is 3.47.